The number of aliphatic hydroxyl groups excluding tert-OH is 1. The second-order valence-corrected chi connectivity index (χ2v) is 4.85. The van der Waals surface area contributed by atoms with Crippen LogP contribution in [-0.4, -0.2) is 31.2 Å². The van der Waals surface area contributed by atoms with Crippen LogP contribution in [0, 0.1) is 0 Å². The molecule has 108 valence electrons. The van der Waals surface area contributed by atoms with E-state index in [-0.39, 0.29) is 11.9 Å². The maximum Gasteiger partial charge on any atom is 0.226 e. The van der Waals surface area contributed by atoms with E-state index in [2.05, 4.69) is 20.3 Å². The van der Waals surface area contributed by atoms with Crippen molar-refractivity contribution in [2.24, 2.45) is 0 Å². The third-order valence-electron chi connectivity index (χ3n) is 3.08. The van der Waals surface area contributed by atoms with Gasteiger partial charge >= 0.3 is 0 Å². The Morgan fingerprint density at radius 3 is 2.76 bits per heavy atom. The molecule has 0 fully saturated rings. The van der Waals surface area contributed by atoms with Crippen molar-refractivity contribution in [3.8, 4) is 0 Å². The number of nitrogens with one attached hydrogen (secondary N) is 1. The number of imidazole rings is 1. The molecule has 0 saturated carbocycles. The van der Waals surface area contributed by atoms with Crippen molar-refractivity contribution >= 4 is 28.6 Å². The molecular weight excluding hydrogens is 290 g/mol. The highest BCUT2D eigenvalue weighted by molar-refractivity contribution is 6.28. The standard InChI is InChI=1S/C14H14ClN5O/c15-14-18-12(16-8-10-4-2-1-3-5-10)11-13(19-14)20(6-7-21)9-17-11/h1-5,9,21H,6-8H2,(H,16,18,19). The summed E-state index contributed by atoms with van der Waals surface area (Å²) in [5, 5.41) is 12.4. The minimum atomic E-state index is 0.0137. The first-order valence-electron chi connectivity index (χ1n) is 6.55. The Labute approximate surface area is 126 Å². The molecular formula is C14H14ClN5O. The summed E-state index contributed by atoms with van der Waals surface area (Å²) in [7, 11) is 0. The Hall–Kier alpha value is -2.18. The SMILES string of the molecule is OCCn1cnc2c(NCc3ccccc3)nc(Cl)nc21. The maximum atomic E-state index is 9.05. The highest BCUT2D eigenvalue weighted by Crippen LogP contribution is 2.21. The normalized spacial score (nSPS) is 11.0. The van der Waals surface area contributed by atoms with Gasteiger partial charge in [-0.15, -0.1) is 0 Å². The van der Waals surface area contributed by atoms with Gasteiger partial charge in [-0.2, -0.15) is 9.97 Å². The van der Waals surface area contributed by atoms with Gasteiger partial charge in [-0.3, -0.25) is 0 Å². The van der Waals surface area contributed by atoms with Gasteiger partial charge in [0.15, 0.2) is 17.0 Å². The van der Waals surface area contributed by atoms with E-state index in [1.54, 1.807) is 10.9 Å². The lowest BCUT2D eigenvalue weighted by Gasteiger charge is -2.07. The summed E-state index contributed by atoms with van der Waals surface area (Å²) in [4.78, 5) is 12.7. The fourth-order valence-corrected chi connectivity index (χ4v) is 2.26. The second kappa shape index (κ2) is 6.07. The molecule has 21 heavy (non-hydrogen) atoms. The number of nitrogens with zero attached hydrogens (tertiary/aromatic N) is 4. The maximum absolute atomic E-state index is 9.05. The summed E-state index contributed by atoms with van der Waals surface area (Å²) in [6, 6.07) is 9.99. The Morgan fingerprint density at radius 2 is 2.00 bits per heavy atom. The van der Waals surface area contributed by atoms with Crippen molar-refractivity contribution in [1.82, 2.24) is 19.5 Å². The lowest BCUT2D eigenvalue weighted by atomic mass is 10.2. The summed E-state index contributed by atoms with van der Waals surface area (Å²) < 4.78 is 1.75. The number of anilines is 1. The second-order valence-electron chi connectivity index (χ2n) is 4.51. The van der Waals surface area contributed by atoms with Gasteiger partial charge in [0.1, 0.15) is 0 Å². The van der Waals surface area contributed by atoms with Crippen LogP contribution in [0.3, 0.4) is 0 Å². The van der Waals surface area contributed by atoms with Gasteiger partial charge in [0.05, 0.1) is 12.9 Å². The minimum Gasteiger partial charge on any atom is -0.395 e. The molecule has 0 unspecified atom stereocenters. The molecule has 1 aromatic carbocycles. The lowest BCUT2D eigenvalue weighted by molar-refractivity contribution is 0.277. The molecule has 0 radical (unpaired) electrons. The van der Waals surface area contributed by atoms with E-state index in [1.165, 1.54) is 0 Å². The van der Waals surface area contributed by atoms with Crippen molar-refractivity contribution in [2.45, 2.75) is 13.1 Å². The summed E-state index contributed by atoms with van der Waals surface area (Å²) >= 11 is 5.97. The number of fused-ring (bicyclic) bond motifs is 1. The van der Waals surface area contributed by atoms with E-state index in [1.807, 2.05) is 30.3 Å². The number of hydrogen-bond donors (Lipinski definition) is 2. The molecule has 2 aromatic heterocycles. The number of rotatable bonds is 5. The topological polar surface area (TPSA) is 75.9 Å². The van der Waals surface area contributed by atoms with E-state index in [4.69, 9.17) is 16.7 Å². The molecule has 0 amide bonds. The molecule has 2 N–H and O–H groups in total. The molecule has 0 aliphatic rings. The monoisotopic (exact) mass is 303 g/mol. The molecule has 0 aliphatic heterocycles. The van der Waals surface area contributed by atoms with E-state index in [9.17, 15) is 0 Å². The van der Waals surface area contributed by atoms with Gasteiger partial charge in [-0.1, -0.05) is 30.3 Å². The van der Waals surface area contributed by atoms with Crippen LogP contribution in [0.15, 0.2) is 36.7 Å². The number of halogens is 1. The molecule has 0 bridgehead atoms. The van der Waals surface area contributed by atoms with Gasteiger partial charge < -0.3 is 15.0 Å². The summed E-state index contributed by atoms with van der Waals surface area (Å²) in [5.41, 5.74) is 2.39. The Morgan fingerprint density at radius 1 is 1.19 bits per heavy atom. The van der Waals surface area contributed by atoms with Crippen LogP contribution in [0.25, 0.3) is 11.2 Å². The quantitative estimate of drug-likeness (QED) is 0.706. The Kier molecular flexibility index (Phi) is 3.98. The predicted octanol–water partition coefficient (Wildman–Crippen LogP) is 2.08. The molecule has 0 aliphatic carbocycles. The molecule has 3 aromatic rings. The van der Waals surface area contributed by atoms with Crippen molar-refractivity contribution in [2.75, 3.05) is 11.9 Å². The zero-order valence-electron chi connectivity index (χ0n) is 11.2. The van der Waals surface area contributed by atoms with Crippen LogP contribution >= 0.6 is 11.6 Å². The first kappa shape index (κ1) is 13.8. The molecule has 0 spiro atoms. The average molecular weight is 304 g/mol. The summed E-state index contributed by atoms with van der Waals surface area (Å²) in [6.45, 7) is 1.05. The van der Waals surface area contributed by atoms with E-state index >= 15 is 0 Å². The van der Waals surface area contributed by atoms with E-state index in [0.29, 0.717) is 30.1 Å². The van der Waals surface area contributed by atoms with Gasteiger partial charge in [-0.25, -0.2) is 4.98 Å². The van der Waals surface area contributed by atoms with Gasteiger partial charge in [0.2, 0.25) is 5.28 Å². The smallest absolute Gasteiger partial charge is 0.226 e. The van der Waals surface area contributed by atoms with E-state index < -0.39 is 0 Å². The predicted molar refractivity (Wildman–Crippen MR) is 81.2 cm³/mol. The van der Waals surface area contributed by atoms with Crippen molar-refractivity contribution in [3.05, 3.63) is 47.5 Å². The first-order valence-corrected chi connectivity index (χ1v) is 6.93. The Bertz CT molecular complexity index is 744. The van der Waals surface area contributed by atoms with Gasteiger partial charge in [0, 0.05) is 13.1 Å². The van der Waals surface area contributed by atoms with Crippen LogP contribution in [0.1, 0.15) is 5.56 Å². The number of hydrogen-bond acceptors (Lipinski definition) is 5. The first-order chi connectivity index (χ1) is 10.3. The molecule has 2 heterocycles. The van der Waals surface area contributed by atoms with Crippen LogP contribution in [0.2, 0.25) is 5.28 Å². The molecule has 7 heteroatoms. The summed E-state index contributed by atoms with van der Waals surface area (Å²) in [5.74, 6) is 0.588. The highest BCUT2D eigenvalue weighted by Gasteiger charge is 2.12. The van der Waals surface area contributed by atoms with Gasteiger partial charge in [0.25, 0.3) is 0 Å². The Balaban J connectivity index is 1.91. The average Bonchev–Trinajstić information content (AvgIpc) is 2.89. The van der Waals surface area contributed by atoms with Gasteiger partial charge in [-0.05, 0) is 17.2 Å². The van der Waals surface area contributed by atoms with Crippen LogP contribution < -0.4 is 5.32 Å². The third-order valence-corrected chi connectivity index (χ3v) is 3.25. The van der Waals surface area contributed by atoms with Crippen molar-refractivity contribution in [1.29, 1.82) is 0 Å². The molecule has 0 atom stereocenters. The highest BCUT2D eigenvalue weighted by atomic mass is 35.5. The van der Waals surface area contributed by atoms with Crippen LogP contribution in [0.4, 0.5) is 5.82 Å². The third kappa shape index (κ3) is 2.96. The fraction of sp³-hybridized carbons (Fsp3) is 0.214. The largest absolute Gasteiger partial charge is 0.395 e. The van der Waals surface area contributed by atoms with Crippen molar-refractivity contribution in [3.63, 3.8) is 0 Å². The number of aliphatic hydroxyl groups is 1. The summed E-state index contributed by atoms with van der Waals surface area (Å²) in [6.07, 6.45) is 1.62. The zero-order chi connectivity index (χ0) is 14.7. The van der Waals surface area contributed by atoms with E-state index in [0.717, 1.165) is 5.56 Å². The fourth-order valence-electron chi connectivity index (χ4n) is 2.09. The van der Waals surface area contributed by atoms with Crippen molar-refractivity contribution < 1.29 is 5.11 Å². The number of benzene rings is 1. The molecule has 3 rings (SSSR count). The molecule has 0 saturated heterocycles. The van der Waals surface area contributed by atoms with Crippen LogP contribution in [0.5, 0.6) is 0 Å². The lowest BCUT2D eigenvalue weighted by Crippen LogP contribution is -2.05. The van der Waals surface area contributed by atoms with Crippen LogP contribution in [-0.2, 0) is 13.1 Å². The zero-order valence-corrected chi connectivity index (χ0v) is 12.0. The minimum absolute atomic E-state index is 0.0137. The molecule has 6 nitrogen and oxygen atoms in total. The number of aromatic nitrogens is 4.